The molecule has 1 atom stereocenters. The number of hydrogen-bond donors (Lipinski definition) is 2. The zero-order valence-electron chi connectivity index (χ0n) is 20.2. The van der Waals surface area contributed by atoms with Crippen LogP contribution in [0.25, 0.3) is 5.57 Å². The number of para-hydroxylation sites is 1. The zero-order valence-corrected chi connectivity index (χ0v) is 20.2. The summed E-state index contributed by atoms with van der Waals surface area (Å²) in [6.07, 6.45) is 13.1. The standard InChI is InChI=1S/C27H33N3.C2H6/c1-4-6-7-13-18-29-27-19-25(22-14-9-8-10-15-22)24(5-2)21(3)30(27)20-23-16-11-12-17-26(23)28;1-2/h2,8-12,14-17,19,21,29H,4,6-7,13,18,20,28H2,1,3H3;1-2H3. The molecular formula is C29H39N3. The molecule has 2 aromatic rings. The van der Waals surface area contributed by atoms with Crippen molar-refractivity contribution in [3.8, 4) is 12.3 Å². The molecule has 3 rings (SSSR count). The Balaban J connectivity index is 0.00000176. The predicted octanol–water partition coefficient (Wildman–Crippen LogP) is 6.60. The normalized spacial score (nSPS) is 15.4. The molecule has 0 amide bonds. The molecule has 1 unspecified atom stereocenters. The first-order valence-corrected chi connectivity index (χ1v) is 12.0. The minimum atomic E-state index is 0.0768. The van der Waals surface area contributed by atoms with Gasteiger partial charge in [-0.25, -0.2) is 0 Å². The van der Waals surface area contributed by atoms with Crippen molar-refractivity contribution in [3.63, 3.8) is 0 Å². The Hall–Kier alpha value is -3.12. The number of benzene rings is 2. The second kappa shape index (κ2) is 13.3. The van der Waals surface area contributed by atoms with Gasteiger partial charge in [-0.1, -0.05) is 94.5 Å². The lowest BCUT2D eigenvalue weighted by atomic mass is 9.91. The third-order valence-corrected chi connectivity index (χ3v) is 5.74. The SMILES string of the molecule is C#CC1=C(c2ccccc2)C=C(NCCCCCC)N(Cc2ccccc2N)C1C.CC. The van der Waals surface area contributed by atoms with Crippen molar-refractivity contribution in [1.29, 1.82) is 0 Å². The molecule has 0 aromatic heterocycles. The highest BCUT2D eigenvalue weighted by molar-refractivity contribution is 5.82. The highest BCUT2D eigenvalue weighted by atomic mass is 15.3. The van der Waals surface area contributed by atoms with Crippen LogP contribution in [-0.4, -0.2) is 17.5 Å². The zero-order chi connectivity index (χ0) is 23.3. The fourth-order valence-corrected chi connectivity index (χ4v) is 3.95. The van der Waals surface area contributed by atoms with Crippen LogP contribution in [0.5, 0.6) is 0 Å². The molecular weight excluding hydrogens is 390 g/mol. The summed E-state index contributed by atoms with van der Waals surface area (Å²) < 4.78 is 0. The molecule has 3 heteroatoms. The van der Waals surface area contributed by atoms with Crippen LogP contribution >= 0.6 is 0 Å². The molecule has 0 radical (unpaired) electrons. The van der Waals surface area contributed by atoms with E-state index in [-0.39, 0.29) is 6.04 Å². The number of nitrogens with two attached hydrogens (primary N) is 1. The molecule has 0 bridgehead atoms. The van der Waals surface area contributed by atoms with E-state index in [1.54, 1.807) is 0 Å². The molecule has 0 saturated heterocycles. The molecule has 2 aromatic carbocycles. The van der Waals surface area contributed by atoms with Gasteiger partial charge in [-0.3, -0.25) is 0 Å². The Morgan fingerprint density at radius 3 is 2.34 bits per heavy atom. The Morgan fingerprint density at radius 1 is 1.00 bits per heavy atom. The lowest BCUT2D eigenvalue weighted by Crippen LogP contribution is -2.41. The second-order valence-corrected chi connectivity index (χ2v) is 7.86. The summed E-state index contributed by atoms with van der Waals surface area (Å²) in [4.78, 5) is 2.34. The van der Waals surface area contributed by atoms with Crippen molar-refractivity contribution >= 4 is 11.3 Å². The van der Waals surface area contributed by atoms with E-state index in [9.17, 15) is 0 Å². The Labute approximate surface area is 195 Å². The first kappa shape index (κ1) is 25.1. The molecule has 0 saturated carbocycles. The second-order valence-electron chi connectivity index (χ2n) is 7.86. The number of unbranched alkanes of at least 4 members (excludes halogenated alkanes) is 3. The monoisotopic (exact) mass is 429 g/mol. The Morgan fingerprint density at radius 2 is 1.69 bits per heavy atom. The summed E-state index contributed by atoms with van der Waals surface area (Å²) in [7, 11) is 0. The van der Waals surface area contributed by atoms with Crippen LogP contribution in [0, 0.1) is 12.3 Å². The van der Waals surface area contributed by atoms with E-state index < -0.39 is 0 Å². The van der Waals surface area contributed by atoms with Crippen LogP contribution in [0.4, 0.5) is 5.69 Å². The van der Waals surface area contributed by atoms with Gasteiger partial charge < -0.3 is 16.0 Å². The molecule has 1 aliphatic rings. The largest absolute Gasteiger partial charge is 0.398 e. The van der Waals surface area contributed by atoms with Crippen LogP contribution in [0.1, 0.15) is 64.5 Å². The van der Waals surface area contributed by atoms with Gasteiger partial charge in [0.1, 0.15) is 5.82 Å². The van der Waals surface area contributed by atoms with E-state index >= 15 is 0 Å². The Bertz CT molecular complexity index is 934. The number of hydrogen-bond acceptors (Lipinski definition) is 3. The van der Waals surface area contributed by atoms with Crippen molar-refractivity contribution in [2.24, 2.45) is 0 Å². The summed E-state index contributed by atoms with van der Waals surface area (Å²) in [6.45, 7) is 10.1. The van der Waals surface area contributed by atoms with Crippen molar-refractivity contribution in [2.75, 3.05) is 12.3 Å². The molecule has 1 aliphatic heterocycles. The number of nitrogens with zero attached hydrogens (tertiary/aromatic N) is 1. The number of rotatable bonds is 9. The number of nitrogen functional groups attached to an aromatic ring is 1. The molecule has 1 heterocycles. The summed E-state index contributed by atoms with van der Waals surface area (Å²) in [6, 6.07) is 18.5. The van der Waals surface area contributed by atoms with Crippen molar-refractivity contribution < 1.29 is 0 Å². The molecule has 32 heavy (non-hydrogen) atoms. The minimum absolute atomic E-state index is 0.0768. The fraction of sp³-hybridized carbons (Fsp3) is 0.379. The van der Waals surface area contributed by atoms with Crippen LogP contribution in [0.2, 0.25) is 0 Å². The van der Waals surface area contributed by atoms with Crippen molar-refractivity contribution in [2.45, 2.75) is 66.0 Å². The molecule has 0 fully saturated rings. The summed E-state index contributed by atoms with van der Waals surface area (Å²) in [5.41, 5.74) is 11.5. The minimum Gasteiger partial charge on any atom is -0.398 e. The topological polar surface area (TPSA) is 41.3 Å². The highest BCUT2D eigenvalue weighted by Crippen LogP contribution is 2.33. The predicted molar refractivity (Wildman–Crippen MR) is 140 cm³/mol. The quantitative estimate of drug-likeness (QED) is 0.268. The molecule has 0 spiro atoms. The maximum absolute atomic E-state index is 6.25. The Kier molecular flexibility index (Phi) is 10.5. The lowest BCUT2D eigenvalue weighted by Gasteiger charge is -2.38. The average molecular weight is 430 g/mol. The molecule has 3 N–H and O–H groups in total. The summed E-state index contributed by atoms with van der Waals surface area (Å²) in [5, 5.41) is 3.69. The maximum Gasteiger partial charge on any atom is 0.103 e. The number of terminal acetylenes is 1. The smallest absolute Gasteiger partial charge is 0.103 e. The van der Waals surface area contributed by atoms with Gasteiger partial charge >= 0.3 is 0 Å². The van der Waals surface area contributed by atoms with E-state index in [0.29, 0.717) is 0 Å². The van der Waals surface area contributed by atoms with Gasteiger partial charge in [0.2, 0.25) is 0 Å². The van der Waals surface area contributed by atoms with Crippen LogP contribution in [0.3, 0.4) is 0 Å². The highest BCUT2D eigenvalue weighted by Gasteiger charge is 2.27. The lowest BCUT2D eigenvalue weighted by molar-refractivity contribution is 0.268. The van der Waals surface area contributed by atoms with Crippen LogP contribution in [-0.2, 0) is 6.54 Å². The van der Waals surface area contributed by atoms with Gasteiger partial charge in [-0.2, -0.15) is 0 Å². The van der Waals surface area contributed by atoms with Gasteiger partial charge in [0, 0.05) is 24.4 Å². The third-order valence-electron chi connectivity index (χ3n) is 5.74. The molecule has 0 aliphatic carbocycles. The van der Waals surface area contributed by atoms with E-state index in [0.717, 1.165) is 53.3 Å². The van der Waals surface area contributed by atoms with E-state index in [2.05, 4.69) is 66.4 Å². The van der Waals surface area contributed by atoms with E-state index in [1.165, 1.54) is 19.3 Å². The third kappa shape index (κ3) is 6.44. The number of nitrogens with one attached hydrogen (secondary N) is 1. The van der Waals surface area contributed by atoms with Gasteiger partial charge in [0.05, 0.1) is 6.04 Å². The first-order chi connectivity index (χ1) is 15.7. The van der Waals surface area contributed by atoms with Gasteiger partial charge in [-0.05, 0) is 42.2 Å². The van der Waals surface area contributed by atoms with Crippen LogP contribution in [0.15, 0.2) is 72.1 Å². The maximum atomic E-state index is 6.25. The van der Waals surface area contributed by atoms with E-state index in [1.807, 2.05) is 38.1 Å². The van der Waals surface area contributed by atoms with Gasteiger partial charge in [0.25, 0.3) is 0 Å². The van der Waals surface area contributed by atoms with Crippen molar-refractivity contribution in [1.82, 2.24) is 10.2 Å². The number of allylic oxidation sites excluding steroid dienone is 2. The summed E-state index contributed by atoms with van der Waals surface area (Å²) in [5.74, 6) is 4.08. The van der Waals surface area contributed by atoms with E-state index in [4.69, 9.17) is 12.2 Å². The van der Waals surface area contributed by atoms with Crippen LogP contribution < -0.4 is 11.1 Å². The van der Waals surface area contributed by atoms with Crippen molar-refractivity contribution in [3.05, 3.63) is 83.2 Å². The fourth-order valence-electron chi connectivity index (χ4n) is 3.95. The summed E-state index contributed by atoms with van der Waals surface area (Å²) >= 11 is 0. The molecule has 3 nitrogen and oxygen atoms in total. The average Bonchev–Trinajstić information content (AvgIpc) is 2.83. The first-order valence-electron chi connectivity index (χ1n) is 12.0. The molecule has 170 valence electrons. The van der Waals surface area contributed by atoms with Gasteiger partial charge in [0.15, 0.2) is 0 Å². The number of anilines is 1. The van der Waals surface area contributed by atoms with Gasteiger partial charge in [-0.15, -0.1) is 6.42 Å².